The van der Waals surface area contributed by atoms with E-state index in [-0.39, 0.29) is 5.91 Å². The molecule has 0 spiro atoms. The van der Waals surface area contributed by atoms with Crippen LogP contribution in [-0.2, 0) is 11.2 Å². The van der Waals surface area contributed by atoms with Gasteiger partial charge in [-0.05, 0) is 43.2 Å². The molecule has 3 rings (SSSR count). The van der Waals surface area contributed by atoms with Gasteiger partial charge >= 0.3 is 0 Å². The lowest BCUT2D eigenvalue weighted by molar-refractivity contribution is -0.119. The van der Waals surface area contributed by atoms with Crippen LogP contribution in [0.25, 0.3) is 0 Å². The normalized spacial score (nSPS) is 28.4. The number of benzene rings is 1. The standard InChI is InChI=1S/C17H24N2O/c1-12(20)19-16-8-6-15(7-9-16)18-11-14-10-13-4-2-3-5-17(13)14/h2-5,14-16,18H,6-11H2,1H3,(H,19,20). The van der Waals surface area contributed by atoms with E-state index in [9.17, 15) is 4.79 Å². The van der Waals surface area contributed by atoms with Crippen molar-refractivity contribution in [1.29, 1.82) is 0 Å². The molecule has 0 saturated heterocycles. The molecule has 0 aromatic heterocycles. The lowest BCUT2D eigenvalue weighted by atomic mass is 9.77. The highest BCUT2D eigenvalue weighted by atomic mass is 16.1. The molecule has 1 fully saturated rings. The first kappa shape index (κ1) is 13.6. The van der Waals surface area contributed by atoms with E-state index in [0.717, 1.165) is 19.4 Å². The number of carbonyl (C=O) groups is 1. The number of fused-ring (bicyclic) bond motifs is 1. The van der Waals surface area contributed by atoms with Gasteiger partial charge in [-0.3, -0.25) is 4.79 Å². The summed E-state index contributed by atoms with van der Waals surface area (Å²) in [5, 5.41) is 6.76. The summed E-state index contributed by atoms with van der Waals surface area (Å²) in [6.45, 7) is 2.71. The second-order valence-corrected chi connectivity index (χ2v) is 6.26. The minimum absolute atomic E-state index is 0.104. The molecule has 1 amide bonds. The minimum atomic E-state index is 0.104. The Morgan fingerprint density at radius 1 is 1.15 bits per heavy atom. The first-order valence-electron chi connectivity index (χ1n) is 7.80. The summed E-state index contributed by atoms with van der Waals surface area (Å²) < 4.78 is 0. The van der Waals surface area contributed by atoms with Gasteiger partial charge < -0.3 is 10.6 Å². The van der Waals surface area contributed by atoms with Crippen molar-refractivity contribution in [2.75, 3.05) is 6.54 Å². The Kier molecular flexibility index (Phi) is 4.06. The smallest absolute Gasteiger partial charge is 0.217 e. The fourth-order valence-electron chi connectivity index (χ4n) is 3.58. The number of rotatable bonds is 4. The maximum atomic E-state index is 11.0. The molecule has 1 atom stereocenters. The molecular formula is C17H24N2O. The molecule has 3 heteroatoms. The van der Waals surface area contributed by atoms with E-state index in [1.165, 1.54) is 30.4 Å². The van der Waals surface area contributed by atoms with E-state index >= 15 is 0 Å². The molecule has 0 radical (unpaired) electrons. The van der Waals surface area contributed by atoms with Crippen LogP contribution in [0.15, 0.2) is 24.3 Å². The molecule has 0 heterocycles. The first-order valence-corrected chi connectivity index (χ1v) is 7.80. The lowest BCUT2D eigenvalue weighted by Gasteiger charge is -2.34. The molecule has 20 heavy (non-hydrogen) atoms. The number of carbonyl (C=O) groups excluding carboxylic acids is 1. The predicted octanol–water partition coefficient (Wildman–Crippen LogP) is 2.36. The Morgan fingerprint density at radius 3 is 2.55 bits per heavy atom. The van der Waals surface area contributed by atoms with Gasteiger partial charge in [0, 0.05) is 31.5 Å². The van der Waals surface area contributed by atoms with Crippen molar-refractivity contribution in [3.05, 3.63) is 35.4 Å². The fourth-order valence-corrected chi connectivity index (χ4v) is 3.58. The third-order valence-electron chi connectivity index (χ3n) is 4.75. The van der Waals surface area contributed by atoms with Crippen LogP contribution in [0.1, 0.15) is 49.7 Å². The van der Waals surface area contributed by atoms with Crippen LogP contribution in [-0.4, -0.2) is 24.5 Å². The van der Waals surface area contributed by atoms with Gasteiger partial charge in [-0.1, -0.05) is 24.3 Å². The molecule has 0 aliphatic heterocycles. The minimum Gasteiger partial charge on any atom is -0.354 e. The van der Waals surface area contributed by atoms with Crippen molar-refractivity contribution < 1.29 is 4.79 Å². The van der Waals surface area contributed by atoms with E-state index in [2.05, 4.69) is 34.9 Å². The summed E-state index contributed by atoms with van der Waals surface area (Å²) in [6.07, 6.45) is 5.81. The van der Waals surface area contributed by atoms with E-state index in [1.54, 1.807) is 6.92 Å². The van der Waals surface area contributed by atoms with Crippen molar-refractivity contribution >= 4 is 5.91 Å². The summed E-state index contributed by atoms with van der Waals surface area (Å²) in [4.78, 5) is 11.0. The lowest BCUT2D eigenvalue weighted by Crippen LogP contribution is -2.43. The van der Waals surface area contributed by atoms with E-state index < -0.39 is 0 Å². The average molecular weight is 272 g/mol. The highest BCUT2D eigenvalue weighted by Gasteiger charge is 2.27. The Morgan fingerprint density at radius 2 is 1.85 bits per heavy atom. The quantitative estimate of drug-likeness (QED) is 0.883. The van der Waals surface area contributed by atoms with Gasteiger partial charge in [0.2, 0.25) is 5.91 Å². The monoisotopic (exact) mass is 272 g/mol. The molecule has 1 aromatic carbocycles. The highest BCUT2D eigenvalue weighted by molar-refractivity contribution is 5.73. The molecule has 2 aliphatic rings. The van der Waals surface area contributed by atoms with Gasteiger partial charge in [-0.25, -0.2) is 0 Å². The van der Waals surface area contributed by atoms with Crippen molar-refractivity contribution in [1.82, 2.24) is 10.6 Å². The maximum absolute atomic E-state index is 11.0. The predicted molar refractivity (Wildman–Crippen MR) is 80.8 cm³/mol. The van der Waals surface area contributed by atoms with Crippen LogP contribution < -0.4 is 10.6 Å². The zero-order valence-corrected chi connectivity index (χ0v) is 12.2. The summed E-state index contributed by atoms with van der Waals surface area (Å²) in [6, 6.07) is 9.81. The molecule has 1 saturated carbocycles. The fraction of sp³-hybridized carbons (Fsp3) is 0.588. The van der Waals surface area contributed by atoms with Crippen LogP contribution in [0.4, 0.5) is 0 Å². The van der Waals surface area contributed by atoms with Crippen molar-refractivity contribution in [2.24, 2.45) is 0 Å². The van der Waals surface area contributed by atoms with Gasteiger partial charge in [-0.2, -0.15) is 0 Å². The molecular weight excluding hydrogens is 248 g/mol. The summed E-state index contributed by atoms with van der Waals surface area (Å²) in [5.41, 5.74) is 3.06. The van der Waals surface area contributed by atoms with E-state index in [4.69, 9.17) is 0 Å². The van der Waals surface area contributed by atoms with Gasteiger partial charge in [0.15, 0.2) is 0 Å². The Hall–Kier alpha value is -1.35. The molecule has 1 aromatic rings. The van der Waals surface area contributed by atoms with Crippen molar-refractivity contribution in [3.63, 3.8) is 0 Å². The maximum Gasteiger partial charge on any atom is 0.217 e. The zero-order chi connectivity index (χ0) is 13.9. The number of hydrogen-bond acceptors (Lipinski definition) is 2. The molecule has 108 valence electrons. The van der Waals surface area contributed by atoms with Gasteiger partial charge in [-0.15, -0.1) is 0 Å². The Balaban J connectivity index is 1.40. The number of hydrogen-bond donors (Lipinski definition) is 2. The largest absolute Gasteiger partial charge is 0.354 e. The van der Waals surface area contributed by atoms with Crippen molar-refractivity contribution in [3.8, 4) is 0 Å². The third-order valence-corrected chi connectivity index (χ3v) is 4.75. The summed E-state index contributed by atoms with van der Waals surface area (Å²) >= 11 is 0. The van der Waals surface area contributed by atoms with Crippen LogP contribution >= 0.6 is 0 Å². The van der Waals surface area contributed by atoms with Crippen LogP contribution in [0.5, 0.6) is 0 Å². The molecule has 1 unspecified atom stereocenters. The molecule has 2 aliphatic carbocycles. The summed E-state index contributed by atoms with van der Waals surface area (Å²) in [7, 11) is 0. The van der Waals surface area contributed by atoms with E-state index in [0.29, 0.717) is 18.0 Å². The molecule has 0 bridgehead atoms. The Bertz CT molecular complexity index is 478. The van der Waals surface area contributed by atoms with Crippen LogP contribution in [0, 0.1) is 0 Å². The first-order chi connectivity index (χ1) is 9.72. The zero-order valence-electron chi connectivity index (χ0n) is 12.2. The molecule has 2 N–H and O–H groups in total. The second kappa shape index (κ2) is 5.96. The SMILES string of the molecule is CC(=O)NC1CCC(NCC2Cc3ccccc32)CC1. The Labute approximate surface area is 121 Å². The summed E-state index contributed by atoms with van der Waals surface area (Å²) in [5.74, 6) is 0.812. The van der Waals surface area contributed by atoms with Crippen LogP contribution in [0.2, 0.25) is 0 Å². The number of amides is 1. The average Bonchev–Trinajstić information content (AvgIpc) is 2.41. The van der Waals surface area contributed by atoms with Crippen molar-refractivity contribution in [2.45, 2.75) is 57.0 Å². The third kappa shape index (κ3) is 3.04. The van der Waals surface area contributed by atoms with Gasteiger partial charge in [0.25, 0.3) is 0 Å². The highest BCUT2D eigenvalue weighted by Crippen LogP contribution is 2.34. The van der Waals surface area contributed by atoms with E-state index in [1.807, 2.05) is 0 Å². The molecule has 3 nitrogen and oxygen atoms in total. The van der Waals surface area contributed by atoms with Gasteiger partial charge in [0.05, 0.1) is 0 Å². The second-order valence-electron chi connectivity index (χ2n) is 6.26. The number of nitrogens with one attached hydrogen (secondary N) is 2. The van der Waals surface area contributed by atoms with Crippen LogP contribution in [0.3, 0.4) is 0 Å². The van der Waals surface area contributed by atoms with Gasteiger partial charge in [0.1, 0.15) is 0 Å². The topological polar surface area (TPSA) is 41.1 Å².